The van der Waals surface area contributed by atoms with Gasteiger partial charge in [0.2, 0.25) is 5.79 Å². The quantitative estimate of drug-likeness (QED) is 0.547. The fourth-order valence-electron chi connectivity index (χ4n) is 5.03. The van der Waals surface area contributed by atoms with E-state index in [9.17, 15) is 10.0 Å². The van der Waals surface area contributed by atoms with Crippen LogP contribution in [0.25, 0.3) is 0 Å². The molecule has 21 heavy (non-hydrogen) atoms. The Labute approximate surface area is 124 Å². The van der Waals surface area contributed by atoms with E-state index in [-0.39, 0.29) is 23.7 Å². The Kier molecular flexibility index (Phi) is 2.78. The molecule has 1 aliphatic carbocycles. The first-order chi connectivity index (χ1) is 9.89. The van der Waals surface area contributed by atoms with Crippen LogP contribution in [0, 0.1) is 23.7 Å². The number of carbonyl (C=O) groups is 1. The number of hydroxylamine groups is 2. The molecule has 4 heterocycles. The van der Waals surface area contributed by atoms with Gasteiger partial charge in [-0.1, -0.05) is 13.8 Å². The lowest BCUT2D eigenvalue weighted by Crippen LogP contribution is -2.74. The first-order valence-electron chi connectivity index (χ1n) is 7.96. The molecule has 6 nitrogen and oxygen atoms in total. The van der Waals surface area contributed by atoms with Crippen LogP contribution in [0.15, 0.2) is 0 Å². The van der Waals surface area contributed by atoms with Crippen LogP contribution in [-0.4, -0.2) is 33.8 Å². The van der Waals surface area contributed by atoms with E-state index in [1.807, 2.05) is 13.8 Å². The number of amides is 1. The van der Waals surface area contributed by atoms with Crippen molar-refractivity contribution in [3.8, 4) is 0 Å². The third-order valence-corrected chi connectivity index (χ3v) is 6.24. The molecule has 2 bridgehead atoms. The molecule has 1 amide bonds. The number of rotatable bonds is 0. The number of nitrogens with zero attached hydrogens (tertiary/aromatic N) is 1. The molecular weight excluding hydrogens is 274 g/mol. The molecule has 4 aliphatic heterocycles. The number of piperidine rings is 1. The molecule has 118 valence electrons. The van der Waals surface area contributed by atoms with Crippen LogP contribution in [0.3, 0.4) is 0 Å². The van der Waals surface area contributed by atoms with Crippen LogP contribution in [0.4, 0.5) is 0 Å². The first-order valence-corrected chi connectivity index (χ1v) is 7.96. The van der Waals surface area contributed by atoms with Crippen molar-refractivity contribution in [2.24, 2.45) is 23.7 Å². The average molecular weight is 297 g/mol. The van der Waals surface area contributed by atoms with E-state index in [0.29, 0.717) is 12.3 Å². The molecule has 1 N–H and O–H groups in total. The largest absolute Gasteiger partial charge is 0.318 e. The van der Waals surface area contributed by atoms with Gasteiger partial charge in [0.1, 0.15) is 0 Å². The van der Waals surface area contributed by atoms with Gasteiger partial charge >= 0.3 is 0 Å². The van der Waals surface area contributed by atoms with Gasteiger partial charge in [-0.05, 0) is 38.0 Å². The van der Waals surface area contributed by atoms with Gasteiger partial charge in [-0.2, -0.15) is 5.06 Å². The summed E-state index contributed by atoms with van der Waals surface area (Å²) in [5.41, 5.74) is -0.740. The zero-order valence-corrected chi connectivity index (χ0v) is 12.7. The molecule has 6 heteroatoms. The molecule has 0 aromatic rings. The van der Waals surface area contributed by atoms with Crippen molar-refractivity contribution >= 4 is 5.91 Å². The third kappa shape index (κ3) is 1.59. The predicted molar refractivity (Wildman–Crippen MR) is 70.6 cm³/mol. The average Bonchev–Trinajstić information content (AvgIpc) is 2.69. The van der Waals surface area contributed by atoms with Gasteiger partial charge in [0, 0.05) is 18.3 Å². The van der Waals surface area contributed by atoms with Crippen molar-refractivity contribution in [1.29, 1.82) is 0 Å². The number of hydrogen-bond donors (Lipinski definition) is 1. The summed E-state index contributed by atoms with van der Waals surface area (Å²) in [6.45, 7) is 5.91. The fraction of sp³-hybridized carbons (Fsp3) is 0.933. The minimum Gasteiger partial charge on any atom is -0.318 e. The molecule has 5 fully saturated rings. The first kappa shape index (κ1) is 13.9. The number of fused-ring (bicyclic) bond motifs is 2. The molecule has 0 aromatic carbocycles. The zero-order chi connectivity index (χ0) is 15.0. The van der Waals surface area contributed by atoms with Crippen LogP contribution in [-0.2, 0) is 19.3 Å². The van der Waals surface area contributed by atoms with E-state index >= 15 is 0 Å². The van der Waals surface area contributed by atoms with Crippen molar-refractivity contribution in [2.75, 3.05) is 0 Å². The van der Waals surface area contributed by atoms with Gasteiger partial charge in [0.15, 0.2) is 11.8 Å². The Hall–Kier alpha value is -0.690. The maximum absolute atomic E-state index is 12.4. The Morgan fingerprint density at radius 2 is 1.95 bits per heavy atom. The number of hydrogen-bond acceptors (Lipinski definition) is 5. The number of ether oxygens (including phenoxy) is 1. The summed E-state index contributed by atoms with van der Waals surface area (Å²) in [5, 5.41) is 11.1. The second-order valence-electron chi connectivity index (χ2n) is 7.40. The minimum atomic E-state index is -0.890. The maximum Gasteiger partial charge on any atom is 0.251 e. The van der Waals surface area contributed by atoms with Gasteiger partial charge in [-0.25, -0.2) is 9.78 Å². The Bertz CT molecular complexity index is 485. The van der Waals surface area contributed by atoms with Gasteiger partial charge in [0.05, 0.1) is 0 Å². The Balaban J connectivity index is 1.87. The standard InChI is InChI=1S/C15H23NO5/c1-8-4-5-11-9(2)12(17)16(18)13-15(11)10(8)6-7-14(3,19-13)20-21-15/h8-11,13,18H,4-7H2,1-3H3/t8-,9-,10+,11+,13-,14-,15-/m1/s1. The second kappa shape index (κ2) is 4.19. The highest BCUT2D eigenvalue weighted by molar-refractivity contribution is 5.79. The summed E-state index contributed by atoms with van der Waals surface area (Å²) < 4.78 is 6.02. The van der Waals surface area contributed by atoms with Crippen LogP contribution >= 0.6 is 0 Å². The lowest BCUT2D eigenvalue weighted by atomic mass is 9.57. The van der Waals surface area contributed by atoms with Crippen molar-refractivity contribution in [3.05, 3.63) is 0 Å². The molecule has 4 saturated heterocycles. The second-order valence-corrected chi connectivity index (χ2v) is 7.40. The molecule has 0 radical (unpaired) electrons. The minimum absolute atomic E-state index is 0.0299. The van der Waals surface area contributed by atoms with E-state index in [1.54, 1.807) is 0 Å². The predicted octanol–water partition coefficient (Wildman–Crippen LogP) is 2.07. The zero-order valence-electron chi connectivity index (χ0n) is 12.7. The highest BCUT2D eigenvalue weighted by Crippen LogP contribution is 2.59. The van der Waals surface area contributed by atoms with E-state index in [0.717, 1.165) is 24.3 Å². The highest BCUT2D eigenvalue weighted by Gasteiger charge is 2.70. The van der Waals surface area contributed by atoms with Gasteiger partial charge in [-0.15, -0.1) is 0 Å². The highest BCUT2D eigenvalue weighted by atomic mass is 17.3. The van der Waals surface area contributed by atoms with E-state index in [4.69, 9.17) is 14.5 Å². The third-order valence-electron chi connectivity index (χ3n) is 6.24. The molecule has 1 saturated carbocycles. The van der Waals surface area contributed by atoms with Crippen LogP contribution < -0.4 is 0 Å². The molecule has 7 atom stereocenters. The number of carbonyl (C=O) groups excluding carboxylic acids is 1. The monoisotopic (exact) mass is 297 g/mol. The molecule has 1 spiro atoms. The van der Waals surface area contributed by atoms with E-state index in [1.165, 1.54) is 0 Å². The summed E-state index contributed by atoms with van der Waals surface area (Å²) in [4.78, 5) is 23.9. The van der Waals surface area contributed by atoms with E-state index < -0.39 is 17.6 Å². The molecular formula is C15H23NO5. The summed E-state index contributed by atoms with van der Waals surface area (Å²) in [5.74, 6) is -0.720. The normalized spacial score (nSPS) is 56.1. The van der Waals surface area contributed by atoms with Crippen LogP contribution in [0.1, 0.15) is 46.5 Å². The Morgan fingerprint density at radius 1 is 1.19 bits per heavy atom. The summed E-state index contributed by atoms with van der Waals surface area (Å²) >= 11 is 0. The summed E-state index contributed by atoms with van der Waals surface area (Å²) in [7, 11) is 0. The van der Waals surface area contributed by atoms with Crippen molar-refractivity contribution in [3.63, 3.8) is 0 Å². The summed E-state index contributed by atoms with van der Waals surface area (Å²) in [6, 6.07) is 0. The van der Waals surface area contributed by atoms with Gasteiger partial charge in [-0.3, -0.25) is 10.0 Å². The van der Waals surface area contributed by atoms with Crippen molar-refractivity contribution in [1.82, 2.24) is 5.06 Å². The maximum atomic E-state index is 12.4. The SMILES string of the molecule is C[C@@H]1CC[C@H]2[C@@H](C)C(=O)N(O)[C@@H]3O[C@@]4(C)CC[C@@H]1[C@@]23OO4. The topological polar surface area (TPSA) is 68.2 Å². The lowest BCUT2D eigenvalue weighted by molar-refractivity contribution is -0.558. The molecule has 5 aliphatic rings. The molecule has 0 aromatic heterocycles. The van der Waals surface area contributed by atoms with Gasteiger partial charge in [0.25, 0.3) is 5.91 Å². The lowest BCUT2D eigenvalue weighted by Gasteiger charge is -2.60. The van der Waals surface area contributed by atoms with E-state index in [2.05, 4.69) is 6.92 Å². The van der Waals surface area contributed by atoms with Crippen molar-refractivity contribution < 1.29 is 24.5 Å². The fourth-order valence-corrected chi connectivity index (χ4v) is 5.03. The van der Waals surface area contributed by atoms with Crippen molar-refractivity contribution in [2.45, 2.75) is 64.1 Å². The Morgan fingerprint density at radius 3 is 2.71 bits per heavy atom. The smallest absolute Gasteiger partial charge is 0.251 e. The van der Waals surface area contributed by atoms with Crippen LogP contribution in [0.2, 0.25) is 0 Å². The van der Waals surface area contributed by atoms with Crippen LogP contribution in [0.5, 0.6) is 0 Å². The summed E-state index contributed by atoms with van der Waals surface area (Å²) in [6.07, 6.45) is 2.86. The van der Waals surface area contributed by atoms with Gasteiger partial charge < -0.3 is 4.74 Å². The molecule has 0 unspecified atom stereocenters. The molecule has 5 rings (SSSR count).